The number of rotatable bonds is 9. The third-order valence-electron chi connectivity index (χ3n) is 8.23. The number of benzene rings is 1. The maximum absolute atomic E-state index is 12.9. The van der Waals surface area contributed by atoms with Gasteiger partial charge in [0.2, 0.25) is 0 Å². The van der Waals surface area contributed by atoms with Crippen molar-refractivity contribution in [3.05, 3.63) is 70.7 Å². The highest BCUT2D eigenvalue weighted by molar-refractivity contribution is 5.88. The second kappa shape index (κ2) is 13.5. The summed E-state index contributed by atoms with van der Waals surface area (Å²) in [4.78, 5) is 34.3. The molecule has 4 heterocycles. The number of aryl methyl sites for hydroxylation is 3. The first-order chi connectivity index (χ1) is 21.0. The molecule has 1 aromatic carbocycles. The van der Waals surface area contributed by atoms with E-state index in [1.54, 1.807) is 4.90 Å². The van der Waals surface area contributed by atoms with E-state index in [9.17, 15) is 9.59 Å². The Balaban J connectivity index is 1.22. The van der Waals surface area contributed by atoms with Gasteiger partial charge in [0.15, 0.2) is 0 Å². The van der Waals surface area contributed by atoms with E-state index in [2.05, 4.69) is 45.6 Å². The summed E-state index contributed by atoms with van der Waals surface area (Å²) in [5, 5.41) is 8.39. The van der Waals surface area contributed by atoms with E-state index in [-0.39, 0.29) is 30.6 Å². The first kappa shape index (κ1) is 31.7. The molecule has 2 aromatic heterocycles. The molecule has 5 rings (SSSR count). The summed E-state index contributed by atoms with van der Waals surface area (Å²) < 4.78 is 12.6. The molecule has 44 heavy (non-hydrogen) atoms. The lowest BCUT2D eigenvalue weighted by Crippen LogP contribution is -2.40. The third kappa shape index (κ3) is 7.84. The van der Waals surface area contributed by atoms with Crippen LogP contribution in [-0.2, 0) is 27.1 Å². The van der Waals surface area contributed by atoms with Gasteiger partial charge in [-0.2, -0.15) is 5.10 Å². The predicted octanol–water partition coefficient (Wildman–Crippen LogP) is 5.08. The summed E-state index contributed by atoms with van der Waals surface area (Å²) in [5.41, 5.74) is 5.55. The van der Waals surface area contributed by atoms with Crippen molar-refractivity contribution >= 4 is 17.9 Å². The van der Waals surface area contributed by atoms with Crippen molar-refractivity contribution in [2.75, 3.05) is 38.2 Å². The van der Waals surface area contributed by atoms with E-state index in [0.29, 0.717) is 6.54 Å². The normalized spacial score (nSPS) is 17.8. The standard InChI is InChI=1S/C34H46N6O4/c1-23-19-24(2)40(37-23)29-11-7-9-26(20-29)30(21-31(41)43-6)35-28-15-18-38(22-28)17-14-27-13-12-25-10-8-16-39(32(25)36-27)33(42)44-34(3,4)5/h7,9,11-13,19-20,28,30,35H,8,10,14-18,21-22H2,1-6H3/t28-,30?/m0/s1. The van der Waals surface area contributed by atoms with Crippen molar-refractivity contribution in [1.82, 2.24) is 25.0 Å². The maximum Gasteiger partial charge on any atom is 0.416 e. The average molecular weight is 603 g/mol. The molecule has 0 aliphatic carbocycles. The Morgan fingerprint density at radius 1 is 1.11 bits per heavy atom. The molecule has 0 radical (unpaired) electrons. The topological polar surface area (TPSA) is 102 Å². The Morgan fingerprint density at radius 3 is 2.66 bits per heavy atom. The van der Waals surface area contributed by atoms with Gasteiger partial charge in [-0.1, -0.05) is 18.2 Å². The summed E-state index contributed by atoms with van der Waals surface area (Å²) in [7, 11) is 1.43. The molecule has 1 amide bonds. The van der Waals surface area contributed by atoms with Gasteiger partial charge in [-0.3, -0.25) is 9.69 Å². The summed E-state index contributed by atoms with van der Waals surface area (Å²) in [6, 6.07) is 14.5. The number of nitrogens with zero attached hydrogens (tertiary/aromatic N) is 5. The minimum absolute atomic E-state index is 0.175. The van der Waals surface area contributed by atoms with Crippen LogP contribution in [0.25, 0.3) is 5.69 Å². The fraction of sp³-hybridized carbons (Fsp3) is 0.529. The molecule has 1 N–H and O–H groups in total. The number of likely N-dealkylation sites (tertiary alicyclic amines) is 1. The number of ether oxygens (including phenoxy) is 2. The molecule has 2 aliphatic rings. The van der Waals surface area contributed by atoms with E-state index < -0.39 is 5.60 Å². The van der Waals surface area contributed by atoms with Crippen LogP contribution in [0.15, 0.2) is 42.5 Å². The van der Waals surface area contributed by atoms with Crippen molar-refractivity contribution in [2.45, 2.75) is 84.4 Å². The third-order valence-corrected chi connectivity index (χ3v) is 8.23. The van der Waals surface area contributed by atoms with Crippen LogP contribution in [0.5, 0.6) is 0 Å². The number of hydrogen-bond acceptors (Lipinski definition) is 8. The molecule has 236 valence electrons. The van der Waals surface area contributed by atoms with Gasteiger partial charge in [0.1, 0.15) is 11.4 Å². The number of carbonyl (C=O) groups is 2. The summed E-state index contributed by atoms with van der Waals surface area (Å²) >= 11 is 0. The Labute approximate surface area is 260 Å². The highest BCUT2D eigenvalue weighted by atomic mass is 16.6. The van der Waals surface area contributed by atoms with Crippen LogP contribution < -0.4 is 10.2 Å². The van der Waals surface area contributed by atoms with Crippen molar-refractivity contribution in [3.63, 3.8) is 0 Å². The Hall–Kier alpha value is -3.76. The van der Waals surface area contributed by atoms with Gasteiger partial charge >= 0.3 is 12.1 Å². The fourth-order valence-corrected chi connectivity index (χ4v) is 6.13. The maximum atomic E-state index is 12.9. The fourth-order valence-electron chi connectivity index (χ4n) is 6.13. The van der Waals surface area contributed by atoms with Gasteiger partial charge < -0.3 is 19.7 Å². The molecule has 0 spiro atoms. The molecule has 10 nitrogen and oxygen atoms in total. The SMILES string of the molecule is COC(=O)CC(N[C@H]1CCN(CCc2ccc3c(n2)N(C(=O)OC(C)(C)C)CCC3)C1)c1cccc(-n2nc(C)cc2C)c1. The van der Waals surface area contributed by atoms with Crippen LogP contribution in [0.4, 0.5) is 10.6 Å². The van der Waals surface area contributed by atoms with Gasteiger partial charge in [-0.15, -0.1) is 0 Å². The molecule has 0 bridgehead atoms. The highest BCUT2D eigenvalue weighted by Gasteiger charge is 2.30. The molecular weight excluding hydrogens is 556 g/mol. The van der Waals surface area contributed by atoms with Gasteiger partial charge in [0.25, 0.3) is 0 Å². The number of aromatic nitrogens is 3. The number of fused-ring (bicyclic) bond motifs is 1. The lowest BCUT2D eigenvalue weighted by molar-refractivity contribution is -0.141. The number of nitrogens with one attached hydrogen (secondary N) is 1. The largest absolute Gasteiger partial charge is 0.469 e. The Morgan fingerprint density at radius 2 is 1.93 bits per heavy atom. The van der Waals surface area contributed by atoms with Gasteiger partial charge in [-0.05, 0) is 95.8 Å². The molecule has 2 aliphatic heterocycles. The Bertz CT molecular complexity index is 1480. The monoisotopic (exact) mass is 602 g/mol. The molecule has 2 atom stereocenters. The number of amides is 1. The van der Waals surface area contributed by atoms with Crippen molar-refractivity contribution in [2.24, 2.45) is 0 Å². The van der Waals surface area contributed by atoms with Crippen molar-refractivity contribution in [1.29, 1.82) is 0 Å². The molecule has 0 saturated carbocycles. The molecule has 3 aromatic rings. The molecular formula is C34H46N6O4. The number of hydrogen-bond donors (Lipinski definition) is 1. The smallest absolute Gasteiger partial charge is 0.416 e. The zero-order valence-electron chi connectivity index (χ0n) is 26.9. The molecule has 1 fully saturated rings. The Kier molecular flexibility index (Phi) is 9.70. The number of esters is 1. The van der Waals surface area contributed by atoms with Crippen LogP contribution in [0.2, 0.25) is 0 Å². The number of pyridine rings is 1. The van der Waals surface area contributed by atoms with E-state index in [4.69, 9.17) is 14.5 Å². The number of methoxy groups -OCH3 is 1. The van der Waals surface area contributed by atoms with Crippen LogP contribution in [-0.4, -0.2) is 76.7 Å². The summed E-state index contributed by atoms with van der Waals surface area (Å²) in [6.07, 6.45) is 3.51. The summed E-state index contributed by atoms with van der Waals surface area (Å²) in [5.74, 6) is 0.491. The minimum Gasteiger partial charge on any atom is -0.469 e. The van der Waals surface area contributed by atoms with Crippen LogP contribution in [0, 0.1) is 13.8 Å². The van der Waals surface area contributed by atoms with Gasteiger partial charge in [0, 0.05) is 49.5 Å². The second-order valence-corrected chi connectivity index (χ2v) is 13.0. The second-order valence-electron chi connectivity index (χ2n) is 13.0. The van der Waals surface area contributed by atoms with Gasteiger partial charge in [-0.25, -0.2) is 14.5 Å². The van der Waals surface area contributed by atoms with Gasteiger partial charge in [0.05, 0.1) is 24.9 Å². The lowest BCUT2D eigenvalue weighted by Gasteiger charge is -2.31. The van der Waals surface area contributed by atoms with Crippen molar-refractivity contribution < 1.29 is 19.1 Å². The van der Waals surface area contributed by atoms with E-state index in [1.165, 1.54) is 7.11 Å². The molecule has 10 heteroatoms. The number of carbonyl (C=O) groups excluding carboxylic acids is 2. The van der Waals surface area contributed by atoms with Crippen LogP contribution in [0.3, 0.4) is 0 Å². The van der Waals surface area contributed by atoms with Crippen LogP contribution >= 0.6 is 0 Å². The van der Waals surface area contributed by atoms with Crippen LogP contribution in [0.1, 0.15) is 74.3 Å². The first-order valence-corrected chi connectivity index (χ1v) is 15.7. The summed E-state index contributed by atoms with van der Waals surface area (Å²) in [6.45, 7) is 13.0. The lowest BCUT2D eigenvalue weighted by atomic mass is 10.0. The zero-order valence-corrected chi connectivity index (χ0v) is 26.9. The molecule has 1 unspecified atom stereocenters. The van der Waals surface area contributed by atoms with E-state index in [1.807, 2.05) is 51.4 Å². The number of anilines is 1. The van der Waals surface area contributed by atoms with Crippen molar-refractivity contribution in [3.8, 4) is 5.69 Å². The molecule has 1 saturated heterocycles. The highest BCUT2D eigenvalue weighted by Crippen LogP contribution is 2.28. The van der Waals surface area contributed by atoms with E-state index in [0.717, 1.165) is 85.0 Å². The zero-order chi connectivity index (χ0) is 31.4. The first-order valence-electron chi connectivity index (χ1n) is 15.7. The minimum atomic E-state index is -0.552. The van der Waals surface area contributed by atoms with E-state index >= 15 is 0 Å². The predicted molar refractivity (Wildman–Crippen MR) is 170 cm³/mol. The average Bonchev–Trinajstić information content (AvgIpc) is 3.58. The quantitative estimate of drug-likeness (QED) is 0.339.